The zero-order valence-electron chi connectivity index (χ0n) is 24.2. The minimum atomic E-state index is -0.362. The second-order valence-electron chi connectivity index (χ2n) is 10.6. The van der Waals surface area contributed by atoms with Crippen molar-refractivity contribution in [2.75, 3.05) is 71.4 Å². The molecule has 2 aromatic carbocycles. The number of carbonyl (C=O) groups is 3. The molecule has 0 bridgehead atoms. The van der Waals surface area contributed by atoms with Crippen LogP contribution in [0.25, 0.3) is 0 Å². The van der Waals surface area contributed by atoms with E-state index in [9.17, 15) is 14.4 Å². The molecule has 2 fully saturated rings. The molecule has 2 saturated heterocycles. The fourth-order valence-electron chi connectivity index (χ4n) is 5.31. The number of benzene rings is 2. The molecule has 0 spiro atoms. The van der Waals surface area contributed by atoms with Crippen molar-refractivity contribution in [1.82, 2.24) is 20.0 Å². The van der Waals surface area contributed by atoms with Gasteiger partial charge in [0, 0.05) is 49.3 Å². The van der Waals surface area contributed by atoms with Crippen molar-refractivity contribution in [3.63, 3.8) is 0 Å². The molecule has 2 heterocycles. The Hall–Kier alpha value is -3.21. The van der Waals surface area contributed by atoms with E-state index in [2.05, 4.69) is 10.2 Å². The molecule has 2 aliphatic rings. The van der Waals surface area contributed by atoms with Crippen LogP contribution in [-0.4, -0.2) is 105 Å². The molecule has 12 heteroatoms. The first-order chi connectivity index (χ1) is 20.2. The summed E-state index contributed by atoms with van der Waals surface area (Å²) in [6, 6.07) is 12.0. The lowest BCUT2D eigenvalue weighted by Crippen LogP contribution is -2.50. The van der Waals surface area contributed by atoms with Gasteiger partial charge in [0.15, 0.2) is 5.75 Å². The van der Waals surface area contributed by atoms with E-state index < -0.39 is 0 Å². The Morgan fingerprint density at radius 2 is 1.62 bits per heavy atom. The fraction of sp³-hybridized carbons (Fsp3) is 0.500. The number of anilines is 1. The van der Waals surface area contributed by atoms with Crippen molar-refractivity contribution in [1.29, 1.82) is 0 Å². The summed E-state index contributed by atoms with van der Waals surface area (Å²) in [6.07, 6.45) is 3.28. The number of nitrogens with zero attached hydrogens (tertiary/aromatic N) is 4. The highest BCUT2D eigenvalue weighted by atomic mass is 35.5. The lowest BCUT2D eigenvalue weighted by molar-refractivity contribution is -0.131. The summed E-state index contributed by atoms with van der Waals surface area (Å²) in [5.74, 6) is 0.648. The topological polar surface area (TPSA) is 94.7 Å². The van der Waals surface area contributed by atoms with Crippen LogP contribution in [0.4, 0.5) is 10.5 Å². The maximum absolute atomic E-state index is 13.6. The average Bonchev–Trinajstić information content (AvgIpc) is 3.51. The Kier molecular flexibility index (Phi) is 11.6. The van der Waals surface area contributed by atoms with E-state index >= 15 is 0 Å². The maximum atomic E-state index is 13.6. The van der Waals surface area contributed by atoms with E-state index in [1.807, 2.05) is 0 Å². The third-order valence-electron chi connectivity index (χ3n) is 7.75. The van der Waals surface area contributed by atoms with Crippen molar-refractivity contribution >= 4 is 46.8 Å². The Balaban J connectivity index is 1.49. The molecule has 0 unspecified atom stereocenters. The van der Waals surface area contributed by atoms with Gasteiger partial charge in [-0.15, -0.1) is 0 Å². The molecule has 1 N–H and O–H groups in total. The quantitative estimate of drug-likeness (QED) is 0.396. The predicted molar refractivity (Wildman–Crippen MR) is 164 cm³/mol. The predicted octanol–water partition coefficient (Wildman–Crippen LogP) is 4.49. The molecule has 42 heavy (non-hydrogen) atoms. The first-order valence-corrected chi connectivity index (χ1v) is 15.0. The number of piperidine rings is 1. The highest BCUT2D eigenvalue weighted by molar-refractivity contribution is 6.31. The monoisotopic (exact) mass is 619 g/mol. The second-order valence-corrected chi connectivity index (χ2v) is 11.5. The first-order valence-electron chi connectivity index (χ1n) is 14.3. The summed E-state index contributed by atoms with van der Waals surface area (Å²) < 4.78 is 11.0. The van der Waals surface area contributed by atoms with Gasteiger partial charge in [0.1, 0.15) is 5.75 Å². The molecule has 0 saturated carbocycles. The highest BCUT2D eigenvalue weighted by Gasteiger charge is 2.29. The van der Waals surface area contributed by atoms with Crippen molar-refractivity contribution in [2.24, 2.45) is 0 Å². The van der Waals surface area contributed by atoms with Crippen LogP contribution in [0.2, 0.25) is 10.0 Å². The van der Waals surface area contributed by atoms with Crippen LogP contribution in [-0.2, 0) is 14.3 Å². The van der Waals surface area contributed by atoms with Crippen LogP contribution in [0.15, 0.2) is 42.5 Å². The number of likely N-dealkylation sites (N-methyl/N-ethyl adjacent to an activating group) is 1. The van der Waals surface area contributed by atoms with Gasteiger partial charge in [-0.25, -0.2) is 4.79 Å². The lowest BCUT2D eigenvalue weighted by atomic mass is 10.0. The molecule has 4 rings (SSSR count). The van der Waals surface area contributed by atoms with Crippen molar-refractivity contribution in [3.05, 3.63) is 52.5 Å². The van der Waals surface area contributed by atoms with E-state index in [0.29, 0.717) is 59.7 Å². The lowest BCUT2D eigenvalue weighted by Gasteiger charge is -2.37. The summed E-state index contributed by atoms with van der Waals surface area (Å²) in [5.41, 5.74) is 0.523. The zero-order chi connectivity index (χ0) is 30.1. The molecule has 2 aliphatic heterocycles. The number of ether oxygens (including phenoxy) is 2. The van der Waals surface area contributed by atoms with Crippen LogP contribution in [0, 0.1) is 0 Å². The van der Waals surface area contributed by atoms with Crippen LogP contribution < -0.4 is 15.0 Å². The molecule has 10 nitrogen and oxygen atoms in total. The number of nitrogens with one attached hydrogen (secondary N) is 1. The number of halogens is 2. The summed E-state index contributed by atoms with van der Waals surface area (Å²) >= 11 is 12.4. The van der Waals surface area contributed by atoms with Gasteiger partial charge in [0.2, 0.25) is 11.8 Å². The SMILES string of the molecule is COC(=O)N1CCC(N(C)C(=O)CN(CC(=O)NCCN2CCCC2)c2cc(Cl)ccc2Oc2ccc(Cl)cc2)CC1. The second kappa shape index (κ2) is 15.3. The van der Waals surface area contributed by atoms with Gasteiger partial charge in [0.25, 0.3) is 0 Å². The van der Waals surface area contributed by atoms with E-state index in [4.69, 9.17) is 32.7 Å². The number of carbonyl (C=O) groups excluding carboxylic acids is 3. The Labute approximate surface area is 257 Å². The average molecular weight is 621 g/mol. The van der Waals surface area contributed by atoms with Crippen LogP contribution in [0.5, 0.6) is 11.5 Å². The number of likely N-dealkylation sites (tertiary alicyclic amines) is 2. The summed E-state index contributed by atoms with van der Waals surface area (Å²) in [7, 11) is 3.13. The number of hydrogen-bond donors (Lipinski definition) is 1. The Bertz CT molecular complexity index is 1220. The molecule has 3 amide bonds. The van der Waals surface area contributed by atoms with E-state index in [0.717, 1.165) is 19.6 Å². The normalized spacial score (nSPS) is 15.8. The van der Waals surface area contributed by atoms with Gasteiger partial charge in [0.05, 0.1) is 25.9 Å². The van der Waals surface area contributed by atoms with Crippen molar-refractivity contribution < 1.29 is 23.9 Å². The smallest absolute Gasteiger partial charge is 0.409 e. The van der Waals surface area contributed by atoms with Gasteiger partial charge in [-0.1, -0.05) is 23.2 Å². The maximum Gasteiger partial charge on any atom is 0.409 e. The number of rotatable bonds is 11. The standard InChI is InChI=1S/C30H39Cl2N5O5/c1-34(24-11-16-36(17-12-24)30(40)41-2)29(39)21-37(20-28(38)33-13-18-35-14-3-4-15-35)26-19-23(32)7-10-27(26)42-25-8-5-22(31)6-9-25/h5-10,19,24H,3-4,11-18,20-21H2,1-2H3,(H,33,38). The summed E-state index contributed by atoms with van der Waals surface area (Å²) in [4.78, 5) is 46.0. The van der Waals surface area contributed by atoms with E-state index in [1.165, 1.54) is 20.0 Å². The molecule has 0 aromatic heterocycles. The molecular formula is C30H39Cl2N5O5. The molecule has 2 aromatic rings. The van der Waals surface area contributed by atoms with Gasteiger partial charge >= 0.3 is 6.09 Å². The molecule has 0 aliphatic carbocycles. The summed E-state index contributed by atoms with van der Waals surface area (Å²) in [5, 5.41) is 4.03. The number of amides is 3. The molecule has 0 atom stereocenters. The van der Waals surface area contributed by atoms with Crippen molar-refractivity contribution in [2.45, 2.75) is 31.7 Å². The third kappa shape index (κ3) is 8.89. The van der Waals surface area contributed by atoms with Gasteiger partial charge in [-0.2, -0.15) is 0 Å². The minimum Gasteiger partial charge on any atom is -0.455 e. The number of methoxy groups -OCH3 is 1. The molecule has 0 radical (unpaired) electrons. The Morgan fingerprint density at radius 1 is 0.952 bits per heavy atom. The third-order valence-corrected chi connectivity index (χ3v) is 8.24. The minimum absolute atomic E-state index is 0.0429. The first kappa shape index (κ1) is 31.7. The van der Waals surface area contributed by atoms with Crippen LogP contribution >= 0.6 is 23.2 Å². The van der Waals surface area contributed by atoms with E-state index in [1.54, 1.807) is 64.2 Å². The van der Waals surface area contributed by atoms with Crippen LogP contribution in [0.1, 0.15) is 25.7 Å². The molecule has 228 valence electrons. The highest BCUT2D eigenvalue weighted by Crippen LogP contribution is 2.35. The van der Waals surface area contributed by atoms with Crippen molar-refractivity contribution in [3.8, 4) is 11.5 Å². The summed E-state index contributed by atoms with van der Waals surface area (Å²) in [6.45, 7) is 4.31. The molecular weight excluding hydrogens is 581 g/mol. The fourth-order valence-corrected chi connectivity index (χ4v) is 5.60. The number of hydrogen-bond acceptors (Lipinski definition) is 7. The van der Waals surface area contributed by atoms with E-state index in [-0.39, 0.29) is 37.0 Å². The Morgan fingerprint density at radius 3 is 2.29 bits per heavy atom. The van der Waals surface area contributed by atoms with Gasteiger partial charge in [-0.3, -0.25) is 9.59 Å². The largest absolute Gasteiger partial charge is 0.455 e. The van der Waals surface area contributed by atoms with Gasteiger partial charge in [-0.05, 0) is 81.2 Å². The van der Waals surface area contributed by atoms with Gasteiger partial charge < -0.3 is 34.4 Å². The zero-order valence-corrected chi connectivity index (χ0v) is 25.7. The van der Waals surface area contributed by atoms with Crippen LogP contribution in [0.3, 0.4) is 0 Å².